The van der Waals surface area contributed by atoms with E-state index in [1.807, 2.05) is 24.3 Å². The van der Waals surface area contributed by atoms with Crippen LogP contribution in [0.15, 0.2) is 39.5 Å². The maximum absolute atomic E-state index is 3.89. The summed E-state index contributed by atoms with van der Waals surface area (Å²) in [6.07, 6.45) is 0. The zero-order valence-electron chi connectivity index (χ0n) is 5.11. The van der Waals surface area contributed by atoms with Crippen molar-refractivity contribution in [1.82, 2.24) is 4.83 Å². The molecule has 3 nitrogen and oxygen atoms in total. The highest BCUT2D eigenvalue weighted by molar-refractivity contribution is 7.97. The third-order valence-corrected chi connectivity index (χ3v) is 1.96. The molecule has 1 heterocycles. The Hall–Kier alpha value is -1.03. The number of hydrogen-bond donors (Lipinski definition) is 1. The molecule has 0 radical (unpaired) electrons. The summed E-state index contributed by atoms with van der Waals surface area (Å²) in [4.78, 5) is 3.84. The quantitative estimate of drug-likeness (QED) is 0.577. The summed E-state index contributed by atoms with van der Waals surface area (Å²) in [5.74, 6) is 0. The third kappa shape index (κ3) is 0.863. The molecule has 0 amide bonds. The summed E-state index contributed by atoms with van der Waals surface area (Å²) >= 11 is 1.48. The summed E-state index contributed by atoms with van der Waals surface area (Å²) < 4.78 is 0. The lowest BCUT2D eigenvalue weighted by atomic mass is 10.3. The van der Waals surface area contributed by atoms with Crippen LogP contribution < -0.4 is 4.83 Å². The van der Waals surface area contributed by atoms with Crippen LogP contribution in [0.3, 0.4) is 0 Å². The Morgan fingerprint density at radius 1 is 1.30 bits per heavy atom. The molecular weight excluding hydrogens is 146 g/mol. The van der Waals surface area contributed by atoms with E-state index >= 15 is 0 Å². The van der Waals surface area contributed by atoms with Crippen molar-refractivity contribution < 1.29 is 0 Å². The molecule has 50 valence electrons. The van der Waals surface area contributed by atoms with Crippen LogP contribution in [0.5, 0.6) is 0 Å². The van der Waals surface area contributed by atoms with Gasteiger partial charge < -0.3 is 0 Å². The highest BCUT2D eigenvalue weighted by Crippen LogP contribution is 2.30. The maximum Gasteiger partial charge on any atom is 0.103 e. The second-order valence-corrected chi connectivity index (χ2v) is 2.69. The van der Waals surface area contributed by atoms with E-state index in [0.717, 1.165) is 10.6 Å². The van der Waals surface area contributed by atoms with Gasteiger partial charge in [0.25, 0.3) is 0 Å². The van der Waals surface area contributed by atoms with E-state index in [9.17, 15) is 0 Å². The Kier molecular flexibility index (Phi) is 1.32. The first-order chi connectivity index (χ1) is 4.97. The summed E-state index contributed by atoms with van der Waals surface area (Å²) in [7, 11) is 0. The number of fused-ring (bicyclic) bond motifs is 1. The standard InChI is InChI=1S/C6H5N3S/c1-2-4-6-5(3-1)7-8-9-10-6/h1-4H,(H,7,9). The molecule has 1 N–H and O–H groups in total. The summed E-state index contributed by atoms with van der Waals surface area (Å²) in [5, 5.41) is 7.54. The van der Waals surface area contributed by atoms with Crippen molar-refractivity contribution in [3.63, 3.8) is 0 Å². The predicted molar refractivity (Wildman–Crippen MR) is 40.0 cm³/mol. The van der Waals surface area contributed by atoms with Gasteiger partial charge in [-0.3, -0.25) is 0 Å². The molecule has 0 atom stereocenters. The lowest BCUT2D eigenvalue weighted by Crippen LogP contribution is -1.93. The Bertz CT molecular complexity index is 271. The largest absolute Gasteiger partial charge is 0.228 e. The second kappa shape index (κ2) is 2.30. The fraction of sp³-hybridized carbons (Fsp3) is 0. The minimum absolute atomic E-state index is 0.936. The Balaban J connectivity index is 2.54. The van der Waals surface area contributed by atoms with Gasteiger partial charge in [0.05, 0.1) is 4.90 Å². The molecular formula is C6H5N3S. The fourth-order valence-corrected chi connectivity index (χ4v) is 1.31. The lowest BCUT2D eigenvalue weighted by Gasteiger charge is -2.06. The zero-order chi connectivity index (χ0) is 6.81. The van der Waals surface area contributed by atoms with E-state index in [0.29, 0.717) is 0 Å². The topological polar surface area (TPSA) is 36.8 Å². The van der Waals surface area contributed by atoms with E-state index in [4.69, 9.17) is 0 Å². The molecule has 4 heteroatoms. The van der Waals surface area contributed by atoms with Crippen LogP contribution in [0.25, 0.3) is 0 Å². The SMILES string of the molecule is c1ccc2c(c1)N=NNS2. The van der Waals surface area contributed by atoms with Crippen molar-refractivity contribution in [2.45, 2.75) is 4.90 Å². The molecule has 0 aliphatic carbocycles. The van der Waals surface area contributed by atoms with Gasteiger partial charge in [-0.1, -0.05) is 17.4 Å². The van der Waals surface area contributed by atoms with Crippen molar-refractivity contribution in [2.24, 2.45) is 10.3 Å². The lowest BCUT2D eigenvalue weighted by molar-refractivity contribution is 0.944. The van der Waals surface area contributed by atoms with E-state index in [1.54, 1.807) is 0 Å². The van der Waals surface area contributed by atoms with Crippen LogP contribution in [0.4, 0.5) is 5.69 Å². The predicted octanol–water partition coefficient (Wildman–Crippen LogP) is 2.30. The molecule has 0 unspecified atom stereocenters. The van der Waals surface area contributed by atoms with Crippen LogP contribution in [-0.4, -0.2) is 0 Å². The second-order valence-electron chi connectivity index (χ2n) is 1.86. The first-order valence-corrected chi connectivity index (χ1v) is 3.70. The van der Waals surface area contributed by atoms with Crippen LogP contribution in [-0.2, 0) is 0 Å². The molecule has 0 saturated carbocycles. The number of rotatable bonds is 0. The van der Waals surface area contributed by atoms with Crippen molar-refractivity contribution >= 4 is 17.6 Å². The third-order valence-electron chi connectivity index (χ3n) is 1.22. The van der Waals surface area contributed by atoms with E-state index in [-0.39, 0.29) is 0 Å². The molecule has 2 rings (SSSR count). The Morgan fingerprint density at radius 2 is 2.20 bits per heavy atom. The van der Waals surface area contributed by atoms with Crippen molar-refractivity contribution in [2.75, 3.05) is 0 Å². The summed E-state index contributed by atoms with van der Waals surface area (Å²) in [5.41, 5.74) is 0.936. The minimum Gasteiger partial charge on any atom is -0.228 e. The first kappa shape index (κ1) is 5.73. The maximum atomic E-state index is 3.89. The fourth-order valence-electron chi connectivity index (χ4n) is 0.770. The zero-order valence-corrected chi connectivity index (χ0v) is 5.93. The van der Waals surface area contributed by atoms with Crippen LogP contribution in [0.1, 0.15) is 0 Å². The Morgan fingerprint density at radius 3 is 3.10 bits per heavy atom. The minimum atomic E-state index is 0.936. The Labute approximate surface area is 62.7 Å². The molecule has 0 spiro atoms. The average molecular weight is 151 g/mol. The average Bonchev–Trinajstić information content (AvgIpc) is 2.05. The van der Waals surface area contributed by atoms with Crippen LogP contribution >= 0.6 is 11.9 Å². The van der Waals surface area contributed by atoms with Crippen LogP contribution in [0, 0.1) is 0 Å². The molecule has 1 aromatic carbocycles. The molecule has 0 fully saturated rings. The highest BCUT2D eigenvalue weighted by Gasteiger charge is 2.03. The van der Waals surface area contributed by atoms with Crippen LogP contribution in [0.2, 0.25) is 0 Å². The molecule has 1 aliphatic heterocycles. The first-order valence-electron chi connectivity index (χ1n) is 2.88. The molecule has 0 bridgehead atoms. The molecule has 10 heavy (non-hydrogen) atoms. The van der Waals surface area contributed by atoms with Crippen molar-refractivity contribution in [3.8, 4) is 0 Å². The normalized spacial score (nSPS) is 14.0. The van der Waals surface area contributed by atoms with E-state index < -0.39 is 0 Å². The van der Waals surface area contributed by atoms with E-state index in [2.05, 4.69) is 15.2 Å². The van der Waals surface area contributed by atoms with Gasteiger partial charge in [0.1, 0.15) is 5.69 Å². The number of nitrogens with zero attached hydrogens (tertiary/aromatic N) is 2. The van der Waals surface area contributed by atoms with Gasteiger partial charge in [0, 0.05) is 11.9 Å². The van der Waals surface area contributed by atoms with Gasteiger partial charge in [-0.2, -0.15) is 0 Å². The number of benzene rings is 1. The molecule has 0 saturated heterocycles. The summed E-state index contributed by atoms with van der Waals surface area (Å²) in [6.45, 7) is 0. The van der Waals surface area contributed by atoms with Gasteiger partial charge in [-0.05, 0) is 12.1 Å². The van der Waals surface area contributed by atoms with Gasteiger partial charge in [-0.25, -0.2) is 4.83 Å². The molecule has 1 aliphatic rings. The van der Waals surface area contributed by atoms with E-state index in [1.165, 1.54) is 11.9 Å². The van der Waals surface area contributed by atoms with Gasteiger partial charge in [0.2, 0.25) is 0 Å². The monoisotopic (exact) mass is 151 g/mol. The molecule has 1 aromatic rings. The van der Waals surface area contributed by atoms with Crippen molar-refractivity contribution in [1.29, 1.82) is 0 Å². The number of hydrogen-bond acceptors (Lipinski definition) is 4. The van der Waals surface area contributed by atoms with Crippen molar-refractivity contribution in [3.05, 3.63) is 24.3 Å². The number of nitrogens with one attached hydrogen (secondary N) is 1. The van der Waals surface area contributed by atoms with Gasteiger partial charge in [-0.15, -0.1) is 5.11 Å². The smallest absolute Gasteiger partial charge is 0.103 e. The summed E-state index contributed by atoms with van der Waals surface area (Å²) in [6, 6.07) is 7.87. The highest BCUT2D eigenvalue weighted by atomic mass is 32.2. The van der Waals surface area contributed by atoms with Gasteiger partial charge >= 0.3 is 0 Å². The van der Waals surface area contributed by atoms with Gasteiger partial charge in [0.15, 0.2) is 0 Å². The molecule has 0 aromatic heterocycles.